The Morgan fingerprint density at radius 1 is 1.15 bits per heavy atom. The van der Waals surface area contributed by atoms with Crippen molar-refractivity contribution < 1.29 is 5.11 Å². The number of hydrogen-bond donors (Lipinski definition) is 2. The molecule has 26 heavy (non-hydrogen) atoms. The van der Waals surface area contributed by atoms with E-state index >= 15 is 0 Å². The van der Waals surface area contributed by atoms with Crippen LogP contribution in [0.3, 0.4) is 0 Å². The van der Waals surface area contributed by atoms with Gasteiger partial charge in [-0.1, -0.05) is 11.3 Å². The molecule has 2 N–H and O–H groups in total. The normalized spacial score (nSPS) is 16.1. The number of piperidine rings is 1. The maximum absolute atomic E-state index is 10.6. The number of aryl methyl sites for hydroxylation is 2. The van der Waals surface area contributed by atoms with Crippen LogP contribution in [0, 0.1) is 13.8 Å². The second-order valence-electron chi connectivity index (χ2n) is 6.77. The molecule has 0 aliphatic carbocycles. The molecular formula is C17H19N7OS. The van der Waals surface area contributed by atoms with E-state index in [0.717, 1.165) is 42.0 Å². The van der Waals surface area contributed by atoms with Crippen LogP contribution < -0.4 is 5.32 Å². The highest BCUT2D eigenvalue weighted by Crippen LogP contribution is 2.36. The molecule has 9 heteroatoms. The zero-order valence-corrected chi connectivity index (χ0v) is 15.4. The SMILES string of the molecule is Cc1cn2nc(-c3nc4cn(C5CCNCC5)nc4s3)c(O)c(C)c2n1. The number of aromatic nitrogens is 6. The molecule has 0 amide bonds. The molecule has 1 saturated heterocycles. The lowest BCUT2D eigenvalue weighted by molar-refractivity contribution is 0.345. The molecule has 0 atom stereocenters. The average molecular weight is 369 g/mol. The third-order valence-electron chi connectivity index (χ3n) is 4.91. The lowest BCUT2D eigenvalue weighted by Gasteiger charge is -2.22. The minimum absolute atomic E-state index is 0.130. The van der Waals surface area contributed by atoms with Gasteiger partial charge in [-0.05, 0) is 39.8 Å². The number of thiazole rings is 1. The third-order valence-corrected chi connectivity index (χ3v) is 5.87. The molecule has 0 spiro atoms. The van der Waals surface area contributed by atoms with Gasteiger partial charge in [0.15, 0.2) is 21.9 Å². The number of imidazole rings is 1. The van der Waals surface area contributed by atoms with Crippen LogP contribution in [0.2, 0.25) is 0 Å². The summed E-state index contributed by atoms with van der Waals surface area (Å²) in [6.45, 7) is 5.81. The van der Waals surface area contributed by atoms with Crippen LogP contribution in [0.4, 0.5) is 0 Å². The van der Waals surface area contributed by atoms with Gasteiger partial charge < -0.3 is 10.4 Å². The fourth-order valence-corrected chi connectivity index (χ4v) is 4.40. The number of hydrogen-bond acceptors (Lipinski definition) is 7. The highest BCUT2D eigenvalue weighted by molar-refractivity contribution is 7.21. The topological polar surface area (TPSA) is 93.2 Å². The largest absolute Gasteiger partial charge is 0.505 e. The van der Waals surface area contributed by atoms with Crippen molar-refractivity contribution in [2.24, 2.45) is 0 Å². The number of fused-ring (bicyclic) bond motifs is 2. The van der Waals surface area contributed by atoms with Gasteiger partial charge >= 0.3 is 0 Å². The van der Waals surface area contributed by atoms with Gasteiger partial charge in [0.2, 0.25) is 0 Å². The molecule has 0 radical (unpaired) electrons. The van der Waals surface area contributed by atoms with E-state index in [0.29, 0.717) is 28.0 Å². The van der Waals surface area contributed by atoms with Crippen molar-refractivity contribution in [2.75, 3.05) is 13.1 Å². The summed E-state index contributed by atoms with van der Waals surface area (Å²) in [6.07, 6.45) is 6.02. The number of aromatic hydroxyl groups is 1. The molecule has 4 aromatic heterocycles. The maximum Gasteiger partial charge on any atom is 0.166 e. The molecule has 5 heterocycles. The Morgan fingerprint density at radius 3 is 2.73 bits per heavy atom. The first kappa shape index (κ1) is 15.7. The van der Waals surface area contributed by atoms with E-state index in [1.54, 1.807) is 4.52 Å². The van der Waals surface area contributed by atoms with Gasteiger partial charge in [0.05, 0.1) is 24.1 Å². The van der Waals surface area contributed by atoms with Crippen molar-refractivity contribution >= 4 is 27.3 Å². The standard InChI is InChI=1S/C17H19N7OS/c1-9-7-24-15(19-9)10(2)14(25)13(21-24)17-20-12-8-23(22-16(12)26-17)11-3-5-18-6-4-11/h7-8,11,18,25H,3-6H2,1-2H3. The Morgan fingerprint density at radius 2 is 1.96 bits per heavy atom. The van der Waals surface area contributed by atoms with E-state index in [9.17, 15) is 5.11 Å². The highest BCUT2D eigenvalue weighted by Gasteiger charge is 2.21. The summed E-state index contributed by atoms with van der Waals surface area (Å²) in [4.78, 5) is 9.96. The highest BCUT2D eigenvalue weighted by atomic mass is 32.1. The molecule has 4 aromatic rings. The average Bonchev–Trinajstić information content (AvgIpc) is 3.31. The quantitative estimate of drug-likeness (QED) is 0.564. The van der Waals surface area contributed by atoms with E-state index in [4.69, 9.17) is 5.10 Å². The van der Waals surface area contributed by atoms with E-state index < -0.39 is 0 Å². The molecule has 1 aliphatic heterocycles. The van der Waals surface area contributed by atoms with Gasteiger partial charge in [-0.2, -0.15) is 10.2 Å². The van der Waals surface area contributed by atoms with Crippen molar-refractivity contribution in [2.45, 2.75) is 32.7 Å². The van der Waals surface area contributed by atoms with Gasteiger partial charge in [0, 0.05) is 5.56 Å². The Labute approximate surface area is 153 Å². The fraction of sp³-hybridized carbons (Fsp3) is 0.412. The summed E-state index contributed by atoms with van der Waals surface area (Å²) in [5.74, 6) is 0.130. The predicted octanol–water partition coefficient (Wildman–Crippen LogP) is 2.45. The van der Waals surface area contributed by atoms with Crippen molar-refractivity contribution in [3.8, 4) is 16.5 Å². The molecule has 1 aliphatic rings. The molecule has 0 aromatic carbocycles. The number of rotatable bonds is 2. The first-order chi connectivity index (χ1) is 12.6. The van der Waals surface area contributed by atoms with Crippen molar-refractivity contribution in [1.82, 2.24) is 34.7 Å². The minimum atomic E-state index is 0.130. The zero-order chi connectivity index (χ0) is 17.8. The van der Waals surface area contributed by atoms with Crippen molar-refractivity contribution in [3.05, 3.63) is 23.7 Å². The van der Waals surface area contributed by atoms with E-state index in [1.165, 1.54) is 11.3 Å². The molecule has 1 fully saturated rings. The first-order valence-corrected chi connectivity index (χ1v) is 9.54. The summed E-state index contributed by atoms with van der Waals surface area (Å²) in [7, 11) is 0. The van der Waals surface area contributed by atoms with Gasteiger partial charge in [-0.25, -0.2) is 14.5 Å². The molecule has 8 nitrogen and oxygen atoms in total. The number of nitrogens with one attached hydrogen (secondary N) is 1. The molecule has 5 rings (SSSR count). The van der Waals surface area contributed by atoms with Crippen LogP contribution in [-0.2, 0) is 0 Å². The van der Waals surface area contributed by atoms with Crippen LogP contribution in [-0.4, -0.2) is 47.6 Å². The molecule has 0 bridgehead atoms. The summed E-state index contributed by atoms with van der Waals surface area (Å²) in [6, 6.07) is 0.431. The zero-order valence-electron chi connectivity index (χ0n) is 14.6. The minimum Gasteiger partial charge on any atom is -0.505 e. The lowest BCUT2D eigenvalue weighted by atomic mass is 10.1. The molecule has 134 valence electrons. The molecule has 0 saturated carbocycles. The Bertz CT molecular complexity index is 1090. The Balaban J connectivity index is 1.57. The van der Waals surface area contributed by atoms with Gasteiger partial charge in [0.1, 0.15) is 10.5 Å². The predicted molar refractivity (Wildman–Crippen MR) is 99.7 cm³/mol. The summed E-state index contributed by atoms with van der Waals surface area (Å²) in [5, 5.41) is 23.9. The fourth-order valence-electron chi connectivity index (χ4n) is 3.50. The van der Waals surface area contributed by atoms with Gasteiger partial charge in [-0.15, -0.1) is 0 Å². The van der Waals surface area contributed by atoms with Gasteiger partial charge in [-0.3, -0.25) is 4.68 Å². The van der Waals surface area contributed by atoms with Crippen molar-refractivity contribution in [1.29, 1.82) is 0 Å². The van der Waals surface area contributed by atoms with Crippen LogP contribution in [0.5, 0.6) is 5.75 Å². The smallest absolute Gasteiger partial charge is 0.166 e. The van der Waals surface area contributed by atoms with Crippen molar-refractivity contribution in [3.63, 3.8) is 0 Å². The maximum atomic E-state index is 10.6. The summed E-state index contributed by atoms with van der Waals surface area (Å²) < 4.78 is 3.74. The van der Waals surface area contributed by atoms with Gasteiger partial charge in [0.25, 0.3) is 0 Å². The van der Waals surface area contributed by atoms with E-state index in [2.05, 4.69) is 20.4 Å². The molecule has 0 unspecified atom stereocenters. The second kappa shape index (κ2) is 5.75. The summed E-state index contributed by atoms with van der Waals surface area (Å²) >= 11 is 1.46. The molecular weight excluding hydrogens is 350 g/mol. The number of nitrogens with zero attached hydrogens (tertiary/aromatic N) is 6. The van der Waals surface area contributed by atoms with E-state index in [-0.39, 0.29) is 5.75 Å². The van der Waals surface area contributed by atoms with Crippen LogP contribution in [0.1, 0.15) is 30.1 Å². The van der Waals surface area contributed by atoms with Crippen LogP contribution in [0.15, 0.2) is 12.4 Å². The first-order valence-electron chi connectivity index (χ1n) is 8.72. The van der Waals surface area contributed by atoms with E-state index in [1.807, 2.05) is 30.9 Å². The van der Waals surface area contributed by atoms with Crippen LogP contribution in [0.25, 0.3) is 26.7 Å². The van der Waals surface area contributed by atoms with Crippen LogP contribution >= 0.6 is 11.3 Å². The lowest BCUT2D eigenvalue weighted by Crippen LogP contribution is -2.29. The second-order valence-corrected chi connectivity index (χ2v) is 7.75. The monoisotopic (exact) mass is 369 g/mol. The third kappa shape index (κ3) is 2.38. The summed E-state index contributed by atoms with van der Waals surface area (Å²) in [5.41, 5.74) is 3.56. The Kier molecular flexibility index (Phi) is 3.47. The Hall–Kier alpha value is -2.52.